The number of aliphatic hydroxyl groups is 1. The minimum Gasteiger partial charge on any atom is -0.388 e. The normalized spacial score (nSPS) is 27.7. The van der Waals surface area contributed by atoms with E-state index in [-0.39, 0.29) is 5.60 Å². The summed E-state index contributed by atoms with van der Waals surface area (Å²) in [5, 5.41) is 9.93. The summed E-state index contributed by atoms with van der Waals surface area (Å²) in [5.41, 5.74) is 5.73. The molecule has 1 aliphatic carbocycles. The van der Waals surface area contributed by atoms with Gasteiger partial charge < -0.3 is 20.3 Å². The lowest BCUT2D eigenvalue weighted by atomic mass is 9.77. The van der Waals surface area contributed by atoms with Gasteiger partial charge in [-0.05, 0) is 38.0 Å². The first kappa shape index (κ1) is 18.9. The number of aliphatic hydroxyl groups excluding tert-OH is 1. The number of ether oxygens (including phenoxy) is 2. The highest BCUT2D eigenvalue weighted by Gasteiger charge is 2.35. The van der Waals surface area contributed by atoms with E-state index < -0.39 is 6.10 Å². The lowest BCUT2D eigenvalue weighted by Crippen LogP contribution is -2.45. The molecule has 0 saturated heterocycles. The van der Waals surface area contributed by atoms with Gasteiger partial charge in [0, 0.05) is 13.2 Å². The van der Waals surface area contributed by atoms with Crippen LogP contribution in [0.4, 0.5) is 0 Å². The SMILES string of the molecule is CCCCOCC(O)COC1(CN)CCC(CCC)CC1. The summed E-state index contributed by atoms with van der Waals surface area (Å²) in [5.74, 6) is 0.834. The summed E-state index contributed by atoms with van der Waals surface area (Å²) >= 11 is 0. The van der Waals surface area contributed by atoms with Gasteiger partial charge >= 0.3 is 0 Å². The number of rotatable bonds is 11. The summed E-state index contributed by atoms with van der Waals surface area (Å²) < 4.78 is 11.4. The van der Waals surface area contributed by atoms with E-state index in [1.54, 1.807) is 0 Å². The van der Waals surface area contributed by atoms with Crippen LogP contribution >= 0.6 is 0 Å². The molecule has 0 aromatic carbocycles. The number of nitrogens with two attached hydrogens (primary N) is 1. The number of hydrogen-bond acceptors (Lipinski definition) is 4. The quantitative estimate of drug-likeness (QED) is 0.576. The zero-order valence-electron chi connectivity index (χ0n) is 14.0. The molecule has 1 atom stereocenters. The minimum absolute atomic E-state index is 0.214. The Morgan fingerprint density at radius 3 is 2.48 bits per heavy atom. The second-order valence-electron chi connectivity index (χ2n) is 6.51. The first-order chi connectivity index (χ1) is 10.2. The maximum absolute atomic E-state index is 9.93. The van der Waals surface area contributed by atoms with Gasteiger partial charge in [0.05, 0.1) is 18.8 Å². The molecular weight excluding hydrogens is 266 g/mol. The fourth-order valence-electron chi connectivity index (χ4n) is 3.09. The van der Waals surface area contributed by atoms with Crippen LogP contribution in [0.5, 0.6) is 0 Å². The van der Waals surface area contributed by atoms with Gasteiger partial charge in [-0.2, -0.15) is 0 Å². The molecule has 0 aromatic heterocycles. The molecule has 1 saturated carbocycles. The highest BCUT2D eigenvalue weighted by Crippen LogP contribution is 2.36. The Labute approximate surface area is 130 Å². The topological polar surface area (TPSA) is 64.7 Å². The Morgan fingerprint density at radius 2 is 1.90 bits per heavy atom. The maximum atomic E-state index is 9.93. The van der Waals surface area contributed by atoms with E-state index in [4.69, 9.17) is 15.2 Å². The Kier molecular flexibility index (Phi) is 9.49. The molecule has 0 amide bonds. The highest BCUT2D eigenvalue weighted by atomic mass is 16.5. The molecule has 0 spiro atoms. The van der Waals surface area contributed by atoms with Gasteiger partial charge in [0.25, 0.3) is 0 Å². The Bertz CT molecular complexity index is 252. The van der Waals surface area contributed by atoms with Crippen LogP contribution in [0.25, 0.3) is 0 Å². The maximum Gasteiger partial charge on any atom is 0.101 e. The van der Waals surface area contributed by atoms with Crippen molar-refractivity contribution in [1.82, 2.24) is 0 Å². The summed E-state index contributed by atoms with van der Waals surface area (Å²) in [6.07, 6.45) is 8.64. The standard InChI is InChI=1S/C17H35NO3/c1-3-5-11-20-12-16(19)13-21-17(14-18)9-7-15(6-4-2)8-10-17/h15-16,19H,3-14,18H2,1-2H3. The highest BCUT2D eigenvalue weighted by molar-refractivity contribution is 4.88. The second-order valence-corrected chi connectivity index (χ2v) is 6.51. The Hall–Kier alpha value is -0.160. The van der Waals surface area contributed by atoms with Gasteiger partial charge in [-0.3, -0.25) is 0 Å². The third-order valence-corrected chi connectivity index (χ3v) is 4.62. The van der Waals surface area contributed by atoms with E-state index in [0.717, 1.165) is 31.6 Å². The van der Waals surface area contributed by atoms with E-state index in [1.807, 2.05) is 0 Å². The van der Waals surface area contributed by atoms with E-state index in [9.17, 15) is 5.11 Å². The molecule has 0 aliphatic heterocycles. The molecule has 4 heteroatoms. The predicted octanol–water partition coefficient (Wildman–Crippen LogP) is 2.87. The molecule has 4 nitrogen and oxygen atoms in total. The van der Waals surface area contributed by atoms with Crippen molar-refractivity contribution in [3.05, 3.63) is 0 Å². The molecular formula is C17H35NO3. The fourth-order valence-corrected chi connectivity index (χ4v) is 3.09. The summed E-state index contributed by atoms with van der Waals surface area (Å²) in [7, 11) is 0. The van der Waals surface area contributed by atoms with Crippen LogP contribution in [0.1, 0.15) is 65.2 Å². The third kappa shape index (κ3) is 7.09. The molecule has 1 fully saturated rings. The van der Waals surface area contributed by atoms with Crippen LogP contribution in [0.2, 0.25) is 0 Å². The first-order valence-electron chi connectivity index (χ1n) is 8.75. The molecule has 1 rings (SSSR count). The minimum atomic E-state index is -0.543. The van der Waals surface area contributed by atoms with Gasteiger partial charge in [0.15, 0.2) is 0 Å². The van der Waals surface area contributed by atoms with Crippen molar-refractivity contribution < 1.29 is 14.6 Å². The molecule has 21 heavy (non-hydrogen) atoms. The van der Waals surface area contributed by atoms with Crippen molar-refractivity contribution in [1.29, 1.82) is 0 Å². The fraction of sp³-hybridized carbons (Fsp3) is 1.00. The average molecular weight is 301 g/mol. The largest absolute Gasteiger partial charge is 0.388 e. The first-order valence-corrected chi connectivity index (χ1v) is 8.75. The van der Waals surface area contributed by atoms with Crippen molar-refractivity contribution in [2.45, 2.75) is 76.9 Å². The van der Waals surface area contributed by atoms with E-state index in [1.165, 1.54) is 25.7 Å². The smallest absolute Gasteiger partial charge is 0.101 e. The van der Waals surface area contributed by atoms with Crippen molar-refractivity contribution in [2.24, 2.45) is 11.7 Å². The van der Waals surface area contributed by atoms with Crippen LogP contribution in [-0.4, -0.2) is 43.2 Å². The lowest BCUT2D eigenvalue weighted by Gasteiger charge is -2.39. The van der Waals surface area contributed by atoms with Crippen LogP contribution in [0.3, 0.4) is 0 Å². The molecule has 1 unspecified atom stereocenters. The van der Waals surface area contributed by atoms with Crippen LogP contribution in [0.15, 0.2) is 0 Å². The number of hydrogen-bond donors (Lipinski definition) is 2. The lowest BCUT2D eigenvalue weighted by molar-refractivity contribution is -0.111. The van der Waals surface area contributed by atoms with Gasteiger partial charge in [-0.15, -0.1) is 0 Å². The van der Waals surface area contributed by atoms with Crippen LogP contribution < -0.4 is 5.73 Å². The zero-order valence-corrected chi connectivity index (χ0v) is 14.0. The summed E-state index contributed by atoms with van der Waals surface area (Å²) in [6, 6.07) is 0. The van der Waals surface area contributed by atoms with Gasteiger partial charge in [0.1, 0.15) is 6.10 Å². The third-order valence-electron chi connectivity index (χ3n) is 4.62. The molecule has 0 radical (unpaired) electrons. The van der Waals surface area contributed by atoms with Gasteiger partial charge in [-0.1, -0.05) is 33.1 Å². The van der Waals surface area contributed by atoms with Gasteiger partial charge in [-0.25, -0.2) is 0 Å². The second kappa shape index (κ2) is 10.5. The van der Waals surface area contributed by atoms with Crippen LogP contribution in [0, 0.1) is 5.92 Å². The van der Waals surface area contributed by atoms with Crippen molar-refractivity contribution in [2.75, 3.05) is 26.4 Å². The molecule has 0 aromatic rings. The zero-order chi connectivity index (χ0) is 15.6. The summed E-state index contributed by atoms with van der Waals surface area (Å²) in [6.45, 7) is 6.34. The average Bonchev–Trinajstić information content (AvgIpc) is 2.51. The molecule has 0 bridgehead atoms. The molecule has 1 aliphatic rings. The number of unbranched alkanes of at least 4 members (excludes halogenated alkanes) is 1. The van der Waals surface area contributed by atoms with Crippen molar-refractivity contribution >= 4 is 0 Å². The van der Waals surface area contributed by atoms with Crippen LogP contribution in [-0.2, 0) is 9.47 Å². The Balaban J connectivity index is 2.24. The Morgan fingerprint density at radius 1 is 1.19 bits per heavy atom. The van der Waals surface area contributed by atoms with Crippen molar-refractivity contribution in [3.63, 3.8) is 0 Å². The van der Waals surface area contributed by atoms with Crippen molar-refractivity contribution in [3.8, 4) is 0 Å². The predicted molar refractivity (Wildman–Crippen MR) is 86.3 cm³/mol. The summed E-state index contributed by atoms with van der Waals surface area (Å²) in [4.78, 5) is 0. The monoisotopic (exact) mass is 301 g/mol. The van der Waals surface area contributed by atoms with Gasteiger partial charge in [0.2, 0.25) is 0 Å². The molecule has 0 heterocycles. The molecule has 3 N–H and O–H groups in total. The van der Waals surface area contributed by atoms with E-state index >= 15 is 0 Å². The van der Waals surface area contributed by atoms with E-state index in [0.29, 0.717) is 26.4 Å². The molecule has 126 valence electrons. The van der Waals surface area contributed by atoms with E-state index in [2.05, 4.69) is 13.8 Å².